The zero-order chi connectivity index (χ0) is 17.7. The summed E-state index contributed by atoms with van der Waals surface area (Å²) in [4.78, 5) is 23.7. The Bertz CT molecular complexity index is 752. The molecule has 0 aliphatic carbocycles. The Kier molecular flexibility index (Phi) is 5.98. The van der Waals surface area contributed by atoms with Crippen LogP contribution in [0.2, 0.25) is 0 Å². The zero-order valence-electron chi connectivity index (χ0n) is 13.8. The number of rotatable bonds is 5. The SMILES string of the molecule is CNC(=O)c1cccc(NC(=O)COc2c(C)cc(Br)cc2C)c1. The van der Waals surface area contributed by atoms with Crippen molar-refractivity contribution < 1.29 is 14.3 Å². The van der Waals surface area contributed by atoms with Crippen molar-refractivity contribution in [2.45, 2.75) is 13.8 Å². The van der Waals surface area contributed by atoms with Gasteiger partial charge in [-0.2, -0.15) is 0 Å². The topological polar surface area (TPSA) is 67.4 Å². The van der Waals surface area contributed by atoms with Crippen LogP contribution >= 0.6 is 15.9 Å². The van der Waals surface area contributed by atoms with E-state index in [9.17, 15) is 9.59 Å². The van der Waals surface area contributed by atoms with Crippen LogP contribution in [-0.2, 0) is 4.79 Å². The molecule has 126 valence electrons. The van der Waals surface area contributed by atoms with Crippen LogP contribution in [0.5, 0.6) is 5.75 Å². The molecule has 0 radical (unpaired) electrons. The van der Waals surface area contributed by atoms with Crippen LogP contribution in [0.25, 0.3) is 0 Å². The van der Waals surface area contributed by atoms with Crippen LogP contribution in [0.15, 0.2) is 40.9 Å². The van der Waals surface area contributed by atoms with Crippen LogP contribution in [-0.4, -0.2) is 25.5 Å². The molecule has 2 amide bonds. The Labute approximate surface area is 149 Å². The molecule has 0 saturated carbocycles. The Morgan fingerprint density at radius 2 is 1.79 bits per heavy atom. The predicted octanol–water partition coefficient (Wildman–Crippen LogP) is 3.44. The zero-order valence-corrected chi connectivity index (χ0v) is 15.4. The van der Waals surface area contributed by atoms with Crippen molar-refractivity contribution in [3.05, 3.63) is 57.6 Å². The lowest BCUT2D eigenvalue weighted by Gasteiger charge is -2.13. The maximum atomic E-state index is 12.1. The van der Waals surface area contributed by atoms with E-state index in [0.717, 1.165) is 15.6 Å². The molecule has 0 saturated heterocycles. The van der Waals surface area contributed by atoms with Gasteiger partial charge in [-0.3, -0.25) is 9.59 Å². The number of carbonyl (C=O) groups excluding carboxylic acids is 2. The van der Waals surface area contributed by atoms with Gasteiger partial charge in [0.2, 0.25) is 0 Å². The van der Waals surface area contributed by atoms with Gasteiger partial charge < -0.3 is 15.4 Å². The van der Waals surface area contributed by atoms with Crippen molar-refractivity contribution in [1.82, 2.24) is 5.32 Å². The van der Waals surface area contributed by atoms with E-state index in [-0.39, 0.29) is 18.4 Å². The van der Waals surface area contributed by atoms with E-state index in [1.807, 2.05) is 26.0 Å². The van der Waals surface area contributed by atoms with E-state index in [4.69, 9.17) is 4.74 Å². The molecule has 2 aromatic rings. The number of hydrogen-bond donors (Lipinski definition) is 2. The number of halogens is 1. The predicted molar refractivity (Wildman–Crippen MR) is 97.6 cm³/mol. The summed E-state index contributed by atoms with van der Waals surface area (Å²) in [6.45, 7) is 3.75. The highest BCUT2D eigenvalue weighted by atomic mass is 79.9. The molecule has 2 rings (SSSR count). The van der Waals surface area contributed by atoms with Crippen LogP contribution < -0.4 is 15.4 Å². The molecule has 2 N–H and O–H groups in total. The summed E-state index contributed by atoms with van der Waals surface area (Å²) in [5, 5.41) is 5.27. The van der Waals surface area contributed by atoms with E-state index < -0.39 is 0 Å². The van der Waals surface area contributed by atoms with Gasteiger partial charge in [-0.1, -0.05) is 22.0 Å². The van der Waals surface area contributed by atoms with Crippen LogP contribution in [0.4, 0.5) is 5.69 Å². The highest BCUT2D eigenvalue weighted by Crippen LogP contribution is 2.27. The molecule has 5 nitrogen and oxygen atoms in total. The Balaban J connectivity index is 2.01. The summed E-state index contributed by atoms with van der Waals surface area (Å²) in [5.41, 5.74) is 2.94. The summed E-state index contributed by atoms with van der Waals surface area (Å²) in [5.74, 6) is 0.210. The quantitative estimate of drug-likeness (QED) is 0.821. The standard InChI is InChI=1S/C18H19BrN2O3/c1-11-7-14(19)8-12(2)17(11)24-10-16(22)21-15-6-4-5-13(9-15)18(23)20-3/h4-9H,10H2,1-3H3,(H,20,23)(H,21,22). The molecule has 0 aliphatic rings. The Morgan fingerprint density at radius 1 is 1.12 bits per heavy atom. The third-order valence-corrected chi connectivity index (χ3v) is 3.87. The minimum atomic E-state index is -0.286. The second-order valence-corrected chi connectivity index (χ2v) is 6.28. The summed E-state index contributed by atoms with van der Waals surface area (Å²) in [7, 11) is 1.56. The largest absolute Gasteiger partial charge is 0.483 e. The fraction of sp³-hybridized carbons (Fsp3) is 0.222. The van der Waals surface area contributed by atoms with Crippen LogP contribution in [0.3, 0.4) is 0 Å². The van der Waals surface area contributed by atoms with Crippen molar-refractivity contribution in [2.75, 3.05) is 19.0 Å². The minimum Gasteiger partial charge on any atom is -0.483 e. The molecule has 2 aromatic carbocycles. The maximum absolute atomic E-state index is 12.1. The molecule has 24 heavy (non-hydrogen) atoms. The first-order valence-corrected chi connectivity index (χ1v) is 8.21. The average molecular weight is 391 g/mol. The van der Waals surface area contributed by atoms with Crippen molar-refractivity contribution in [3.63, 3.8) is 0 Å². The molecule has 0 spiro atoms. The second kappa shape index (κ2) is 7.97. The van der Waals surface area contributed by atoms with Crippen molar-refractivity contribution >= 4 is 33.4 Å². The number of amides is 2. The monoisotopic (exact) mass is 390 g/mol. The van der Waals surface area contributed by atoms with Crippen molar-refractivity contribution in [3.8, 4) is 5.75 Å². The summed E-state index contributed by atoms with van der Waals surface area (Å²) < 4.78 is 6.62. The first-order valence-electron chi connectivity index (χ1n) is 7.42. The van der Waals surface area contributed by atoms with Gasteiger partial charge in [0.1, 0.15) is 5.75 Å². The van der Waals surface area contributed by atoms with E-state index >= 15 is 0 Å². The molecule has 0 fully saturated rings. The highest BCUT2D eigenvalue weighted by Gasteiger charge is 2.10. The van der Waals surface area contributed by atoms with Gasteiger partial charge in [0.15, 0.2) is 6.61 Å². The number of benzene rings is 2. The molecular weight excluding hydrogens is 372 g/mol. The number of hydrogen-bond acceptors (Lipinski definition) is 3. The van der Waals surface area contributed by atoms with Gasteiger partial charge in [0.25, 0.3) is 11.8 Å². The number of ether oxygens (including phenoxy) is 1. The third kappa shape index (κ3) is 4.58. The first kappa shape index (κ1) is 18.0. The van der Waals surface area contributed by atoms with Crippen LogP contribution in [0.1, 0.15) is 21.5 Å². The number of carbonyl (C=O) groups is 2. The first-order chi connectivity index (χ1) is 11.4. The fourth-order valence-electron chi connectivity index (χ4n) is 2.34. The van der Waals surface area contributed by atoms with Gasteiger partial charge >= 0.3 is 0 Å². The smallest absolute Gasteiger partial charge is 0.262 e. The number of nitrogens with one attached hydrogen (secondary N) is 2. The maximum Gasteiger partial charge on any atom is 0.262 e. The second-order valence-electron chi connectivity index (χ2n) is 5.37. The highest BCUT2D eigenvalue weighted by molar-refractivity contribution is 9.10. The molecule has 0 unspecified atom stereocenters. The molecule has 0 aliphatic heterocycles. The van der Waals surface area contributed by atoms with Gasteiger partial charge in [-0.15, -0.1) is 0 Å². The molecule has 0 aromatic heterocycles. The molecule has 0 heterocycles. The minimum absolute atomic E-state index is 0.104. The summed E-state index contributed by atoms with van der Waals surface area (Å²) in [6, 6.07) is 10.6. The normalized spacial score (nSPS) is 10.2. The Morgan fingerprint density at radius 3 is 2.42 bits per heavy atom. The summed E-state index contributed by atoms with van der Waals surface area (Å²) >= 11 is 3.43. The van der Waals surface area contributed by atoms with Gasteiger partial charge in [0.05, 0.1) is 0 Å². The number of anilines is 1. The lowest BCUT2D eigenvalue weighted by atomic mass is 10.1. The Hall–Kier alpha value is -2.34. The van der Waals surface area contributed by atoms with E-state index in [2.05, 4.69) is 26.6 Å². The molecule has 6 heteroatoms. The van der Waals surface area contributed by atoms with E-state index in [1.54, 1.807) is 31.3 Å². The van der Waals surface area contributed by atoms with Gasteiger partial charge in [-0.25, -0.2) is 0 Å². The van der Waals surface area contributed by atoms with E-state index in [1.165, 1.54) is 0 Å². The van der Waals surface area contributed by atoms with Crippen LogP contribution in [0, 0.1) is 13.8 Å². The molecule has 0 bridgehead atoms. The molecule has 0 atom stereocenters. The fourth-order valence-corrected chi connectivity index (χ4v) is 3.03. The third-order valence-electron chi connectivity index (χ3n) is 3.41. The van der Waals surface area contributed by atoms with Crippen molar-refractivity contribution in [2.24, 2.45) is 0 Å². The lowest BCUT2D eigenvalue weighted by molar-refractivity contribution is -0.118. The average Bonchev–Trinajstić information content (AvgIpc) is 2.53. The van der Waals surface area contributed by atoms with Gasteiger partial charge in [-0.05, 0) is 55.3 Å². The van der Waals surface area contributed by atoms with E-state index in [0.29, 0.717) is 17.0 Å². The summed E-state index contributed by atoms with van der Waals surface area (Å²) in [6.07, 6.45) is 0. The van der Waals surface area contributed by atoms with Gasteiger partial charge in [0, 0.05) is 22.8 Å². The lowest BCUT2D eigenvalue weighted by Crippen LogP contribution is -2.21. The molecular formula is C18H19BrN2O3. The number of aryl methyl sites for hydroxylation is 2. The van der Waals surface area contributed by atoms with Crippen molar-refractivity contribution in [1.29, 1.82) is 0 Å².